The second kappa shape index (κ2) is 7.02. The molecule has 1 aromatic heterocycles. The molecular weight excluding hydrogens is 314 g/mol. The zero-order valence-corrected chi connectivity index (χ0v) is 14.4. The highest BCUT2D eigenvalue weighted by Gasteiger charge is 2.33. The monoisotopic (exact) mass is 339 g/mol. The summed E-state index contributed by atoms with van der Waals surface area (Å²) < 4.78 is 5.41. The predicted molar refractivity (Wildman–Crippen MR) is 95.7 cm³/mol. The largest absolute Gasteiger partial charge is 0.468 e. The summed E-state index contributed by atoms with van der Waals surface area (Å²) in [7, 11) is 0. The van der Waals surface area contributed by atoms with Crippen molar-refractivity contribution < 1.29 is 9.21 Å². The third kappa shape index (κ3) is 3.48. The van der Waals surface area contributed by atoms with E-state index in [0.29, 0.717) is 0 Å². The standard InChI is InChI=1S/C20H25N3O2/c21-19-17-6-2-1-4-15(17)12-18(19)22-20(24)14-7-9-23(10-8-14)13-16-5-3-11-25-16/h1-6,11,14,18-19H,7-10,12-13,21H2,(H,22,24)/t18-,19-/m0/s1. The molecule has 5 heteroatoms. The fourth-order valence-corrected chi connectivity index (χ4v) is 4.04. The minimum Gasteiger partial charge on any atom is -0.468 e. The summed E-state index contributed by atoms with van der Waals surface area (Å²) >= 11 is 0. The van der Waals surface area contributed by atoms with Crippen LogP contribution >= 0.6 is 0 Å². The number of nitrogens with zero attached hydrogens (tertiary/aromatic N) is 1. The molecule has 132 valence electrons. The normalized spacial score (nSPS) is 24.2. The van der Waals surface area contributed by atoms with Crippen molar-refractivity contribution in [2.24, 2.45) is 11.7 Å². The Morgan fingerprint density at radius 3 is 2.72 bits per heavy atom. The quantitative estimate of drug-likeness (QED) is 0.896. The van der Waals surface area contributed by atoms with Crippen molar-refractivity contribution in [3.8, 4) is 0 Å². The highest BCUT2D eigenvalue weighted by Crippen LogP contribution is 2.30. The van der Waals surface area contributed by atoms with E-state index in [9.17, 15) is 4.79 Å². The van der Waals surface area contributed by atoms with E-state index in [4.69, 9.17) is 10.2 Å². The molecule has 2 atom stereocenters. The zero-order chi connectivity index (χ0) is 17.2. The van der Waals surface area contributed by atoms with E-state index in [1.807, 2.05) is 24.3 Å². The SMILES string of the molecule is N[C@H]1c2ccccc2C[C@@H]1NC(=O)C1CCN(Cc2ccco2)CC1. The van der Waals surface area contributed by atoms with Crippen LogP contribution in [0.3, 0.4) is 0 Å². The number of benzene rings is 1. The first-order valence-corrected chi connectivity index (χ1v) is 9.09. The fourth-order valence-electron chi connectivity index (χ4n) is 4.04. The molecule has 5 nitrogen and oxygen atoms in total. The van der Waals surface area contributed by atoms with Crippen molar-refractivity contribution in [3.05, 3.63) is 59.5 Å². The number of nitrogens with two attached hydrogens (primary N) is 1. The van der Waals surface area contributed by atoms with Gasteiger partial charge in [0.1, 0.15) is 5.76 Å². The Morgan fingerprint density at radius 1 is 1.20 bits per heavy atom. The van der Waals surface area contributed by atoms with Gasteiger partial charge >= 0.3 is 0 Å². The van der Waals surface area contributed by atoms with Gasteiger partial charge in [-0.25, -0.2) is 0 Å². The van der Waals surface area contributed by atoms with Gasteiger partial charge < -0.3 is 15.5 Å². The van der Waals surface area contributed by atoms with E-state index < -0.39 is 0 Å². The number of hydrogen-bond acceptors (Lipinski definition) is 4. The Hall–Kier alpha value is -2.11. The van der Waals surface area contributed by atoms with Crippen molar-refractivity contribution in [1.82, 2.24) is 10.2 Å². The second-order valence-corrected chi connectivity index (χ2v) is 7.17. The molecule has 1 aliphatic heterocycles. The van der Waals surface area contributed by atoms with Gasteiger partial charge in [0.25, 0.3) is 0 Å². The Kier molecular flexibility index (Phi) is 4.59. The Bertz CT molecular complexity index is 720. The molecule has 3 N–H and O–H groups in total. The number of likely N-dealkylation sites (tertiary alicyclic amines) is 1. The number of nitrogens with one attached hydrogen (secondary N) is 1. The molecule has 1 aromatic carbocycles. The molecule has 2 aromatic rings. The zero-order valence-electron chi connectivity index (χ0n) is 14.4. The molecule has 4 rings (SSSR count). The average molecular weight is 339 g/mol. The van der Waals surface area contributed by atoms with Crippen LogP contribution in [-0.2, 0) is 17.8 Å². The number of hydrogen-bond donors (Lipinski definition) is 2. The van der Waals surface area contributed by atoms with E-state index >= 15 is 0 Å². The van der Waals surface area contributed by atoms with Gasteiger partial charge in [-0.2, -0.15) is 0 Å². The summed E-state index contributed by atoms with van der Waals surface area (Å²) in [4.78, 5) is 15.0. The molecule has 0 saturated carbocycles. The maximum absolute atomic E-state index is 12.7. The van der Waals surface area contributed by atoms with Crippen LogP contribution in [0.4, 0.5) is 0 Å². The summed E-state index contributed by atoms with van der Waals surface area (Å²) in [6, 6.07) is 12.1. The molecule has 1 amide bonds. The number of fused-ring (bicyclic) bond motifs is 1. The highest BCUT2D eigenvalue weighted by atomic mass is 16.3. The molecule has 2 aliphatic rings. The van der Waals surface area contributed by atoms with Crippen LogP contribution in [0.5, 0.6) is 0 Å². The minimum atomic E-state index is -0.0980. The molecule has 2 heterocycles. The van der Waals surface area contributed by atoms with Crippen LogP contribution in [0, 0.1) is 5.92 Å². The van der Waals surface area contributed by atoms with Crippen molar-refractivity contribution in [1.29, 1.82) is 0 Å². The smallest absolute Gasteiger partial charge is 0.223 e. The molecule has 0 bridgehead atoms. The van der Waals surface area contributed by atoms with E-state index in [1.54, 1.807) is 6.26 Å². The minimum absolute atomic E-state index is 0.0195. The predicted octanol–water partition coefficient (Wildman–Crippen LogP) is 2.23. The third-order valence-electron chi connectivity index (χ3n) is 5.53. The third-order valence-corrected chi connectivity index (χ3v) is 5.53. The first-order chi connectivity index (χ1) is 12.2. The fraction of sp³-hybridized carbons (Fsp3) is 0.450. The van der Waals surface area contributed by atoms with E-state index in [2.05, 4.69) is 22.3 Å². The van der Waals surface area contributed by atoms with Crippen molar-refractivity contribution in [2.45, 2.75) is 37.9 Å². The van der Waals surface area contributed by atoms with Crippen LogP contribution in [0.2, 0.25) is 0 Å². The summed E-state index contributed by atoms with van der Waals surface area (Å²) in [5.74, 6) is 1.23. The number of furan rings is 1. The lowest BCUT2D eigenvalue weighted by molar-refractivity contribution is -0.127. The lowest BCUT2D eigenvalue weighted by atomic mass is 9.95. The molecule has 1 aliphatic carbocycles. The molecular formula is C20H25N3O2. The van der Waals surface area contributed by atoms with Crippen molar-refractivity contribution in [2.75, 3.05) is 13.1 Å². The molecule has 0 unspecified atom stereocenters. The molecule has 25 heavy (non-hydrogen) atoms. The van der Waals surface area contributed by atoms with Crippen LogP contribution in [-0.4, -0.2) is 29.9 Å². The average Bonchev–Trinajstić information content (AvgIpc) is 3.24. The number of rotatable bonds is 4. The van der Waals surface area contributed by atoms with Crippen molar-refractivity contribution in [3.63, 3.8) is 0 Å². The number of piperidine rings is 1. The van der Waals surface area contributed by atoms with Gasteiger partial charge in [0, 0.05) is 5.92 Å². The Morgan fingerprint density at radius 2 is 2.00 bits per heavy atom. The van der Waals surface area contributed by atoms with Crippen LogP contribution < -0.4 is 11.1 Å². The lowest BCUT2D eigenvalue weighted by Gasteiger charge is -2.31. The molecule has 0 radical (unpaired) electrons. The first-order valence-electron chi connectivity index (χ1n) is 9.09. The van der Waals surface area contributed by atoms with Gasteiger partial charge in [0.2, 0.25) is 5.91 Å². The number of carbonyl (C=O) groups excluding carboxylic acids is 1. The van der Waals surface area contributed by atoms with Gasteiger partial charge in [-0.3, -0.25) is 9.69 Å². The Labute approximate surface area is 148 Å². The molecule has 1 saturated heterocycles. The maximum Gasteiger partial charge on any atom is 0.223 e. The van der Waals surface area contributed by atoms with Gasteiger partial charge in [-0.05, 0) is 55.6 Å². The maximum atomic E-state index is 12.7. The Balaban J connectivity index is 1.28. The van der Waals surface area contributed by atoms with E-state index in [0.717, 1.165) is 44.7 Å². The number of carbonyl (C=O) groups is 1. The summed E-state index contributed by atoms with van der Waals surface area (Å²) in [5.41, 5.74) is 8.76. The summed E-state index contributed by atoms with van der Waals surface area (Å²) in [5, 5.41) is 3.20. The van der Waals surface area contributed by atoms with E-state index in [-0.39, 0.29) is 23.9 Å². The number of amides is 1. The molecule has 1 fully saturated rings. The van der Waals surface area contributed by atoms with Gasteiger partial charge in [0.05, 0.1) is 24.9 Å². The van der Waals surface area contributed by atoms with Crippen molar-refractivity contribution >= 4 is 5.91 Å². The molecule has 0 spiro atoms. The second-order valence-electron chi connectivity index (χ2n) is 7.17. The van der Waals surface area contributed by atoms with Gasteiger partial charge in [-0.1, -0.05) is 24.3 Å². The van der Waals surface area contributed by atoms with Crippen LogP contribution in [0.25, 0.3) is 0 Å². The van der Waals surface area contributed by atoms with Crippen LogP contribution in [0.1, 0.15) is 35.8 Å². The van der Waals surface area contributed by atoms with Gasteiger partial charge in [-0.15, -0.1) is 0 Å². The summed E-state index contributed by atoms with van der Waals surface area (Å²) in [6.45, 7) is 2.68. The van der Waals surface area contributed by atoms with Gasteiger partial charge in [0.15, 0.2) is 0 Å². The highest BCUT2D eigenvalue weighted by molar-refractivity contribution is 5.79. The van der Waals surface area contributed by atoms with E-state index in [1.165, 1.54) is 11.1 Å². The first kappa shape index (κ1) is 16.4. The summed E-state index contributed by atoms with van der Waals surface area (Å²) in [6.07, 6.45) is 4.32. The van der Waals surface area contributed by atoms with Crippen LogP contribution in [0.15, 0.2) is 47.1 Å². The lowest BCUT2D eigenvalue weighted by Crippen LogP contribution is -2.46. The topological polar surface area (TPSA) is 71.5 Å².